The number of ether oxygens (including phenoxy) is 2. The molecule has 1 N–H and O–H groups in total. The first-order valence-corrected chi connectivity index (χ1v) is 6.91. The molecular weight excluding hydrogens is 264 g/mol. The second-order valence-electron chi connectivity index (χ2n) is 6.09. The van der Waals surface area contributed by atoms with Gasteiger partial charge in [-0.3, -0.25) is 0 Å². The van der Waals surface area contributed by atoms with Crippen molar-refractivity contribution < 1.29 is 18.3 Å². The van der Waals surface area contributed by atoms with Crippen molar-refractivity contribution in [2.45, 2.75) is 39.0 Å². The van der Waals surface area contributed by atoms with E-state index in [1.165, 1.54) is 6.07 Å². The van der Waals surface area contributed by atoms with Gasteiger partial charge in [0.25, 0.3) is 0 Å². The first kappa shape index (κ1) is 13.6. The average Bonchev–Trinajstić information content (AvgIpc) is 2.82. The van der Waals surface area contributed by atoms with E-state index in [9.17, 15) is 8.78 Å². The van der Waals surface area contributed by atoms with E-state index in [-0.39, 0.29) is 11.2 Å². The molecule has 20 heavy (non-hydrogen) atoms. The molecule has 3 rings (SSSR count). The summed E-state index contributed by atoms with van der Waals surface area (Å²) in [5.41, 5.74) is 0.868. The van der Waals surface area contributed by atoms with Crippen LogP contribution >= 0.6 is 0 Å². The molecule has 2 fully saturated rings. The van der Waals surface area contributed by atoms with Crippen molar-refractivity contribution in [1.82, 2.24) is 0 Å². The highest BCUT2D eigenvalue weighted by molar-refractivity contribution is 5.50. The molecule has 110 valence electrons. The second-order valence-corrected chi connectivity index (χ2v) is 6.09. The Morgan fingerprint density at radius 2 is 2.20 bits per heavy atom. The van der Waals surface area contributed by atoms with Gasteiger partial charge in [0.2, 0.25) is 0 Å². The topological polar surface area (TPSA) is 30.5 Å². The smallest absolute Gasteiger partial charge is 0.387 e. The number of hydrogen-bond acceptors (Lipinski definition) is 3. The van der Waals surface area contributed by atoms with Gasteiger partial charge >= 0.3 is 6.61 Å². The van der Waals surface area contributed by atoms with Crippen molar-refractivity contribution in [2.75, 3.05) is 11.9 Å². The zero-order valence-corrected chi connectivity index (χ0v) is 11.6. The lowest BCUT2D eigenvalue weighted by Crippen LogP contribution is -2.63. The van der Waals surface area contributed by atoms with Crippen LogP contribution in [0.25, 0.3) is 0 Å². The summed E-state index contributed by atoms with van der Waals surface area (Å²) in [7, 11) is 0. The normalized spacial score (nSPS) is 30.8. The quantitative estimate of drug-likeness (QED) is 0.917. The van der Waals surface area contributed by atoms with Gasteiger partial charge in [0.05, 0.1) is 6.10 Å². The summed E-state index contributed by atoms with van der Waals surface area (Å²) in [5, 5.41) is 3.45. The van der Waals surface area contributed by atoms with Crippen LogP contribution in [0.15, 0.2) is 24.3 Å². The minimum absolute atomic E-state index is 0.0563. The molecule has 3 atom stereocenters. The number of fused-ring (bicyclic) bond motifs is 1. The van der Waals surface area contributed by atoms with Gasteiger partial charge in [0.15, 0.2) is 0 Å². The molecule has 0 spiro atoms. The van der Waals surface area contributed by atoms with Crippen molar-refractivity contribution in [2.24, 2.45) is 11.3 Å². The summed E-state index contributed by atoms with van der Waals surface area (Å²) in [4.78, 5) is 0. The van der Waals surface area contributed by atoms with E-state index in [2.05, 4.69) is 23.9 Å². The van der Waals surface area contributed by atoms with Crippen LogP contribution in [-0.4, -0.2) is 25.4 Å². The van der Waals surface area contributed by atoms with Gasteiger partial charge in [-0.2, -0.15) is 8.78 Å². The molecule has 1 saturated carbocycles. The van der Waals surface area contributed by atoms with E-state index in [0.717, 1.165) is 18.7 Å². The largest absolute Gasteiger partial charge is 0.435 e. The van der Waals surface area contributed by atoms with Crippen LogP contribution in [0.1, 0.15) is 20.3 Å². The van der Waals surface area contributed by atoms with Crippen molar-refractivity contribution in [3.63, 3.8) is 0 Å². The lowest BCUT2D eigenvalue weighted by molar-refractivity contribution is -0.0923. The van der Waals surface area contributed by atoms with E-state index in [1.807, 2.05) is 6.07 Å². The van der Waals surface area contributed by atoms with Crippen molar-refractivity contribution in [3.8, 4) is 5.75 Å². The van der Waals surface area contributed by atoms with E-state index in [4.69, 9.17) is 4.74 Å². The van der Waals surface area contributed by atoms with E-state index < -0.39 is 6.61 Å². The molecule has 2 aliphatic rings. The number of benzene rings is 1. The van der Waals surface area contributed by atoms with Crippen LogP contribution in [0.2, 0.25) is 0 Å². The van der Waals surface area contributed by atoms with Crippen LogP contribution in [0.3, 0.4) is 0 Å². The Bertz CT molecular complexity index is 493. The molecule has 1 aliphatic heterocycles. The molecule has 0 bridgehead atoms. The maximum absolute atomic E-state index is 12.2. The molecule has 5 heteroatoms. The maximum atomic E-state index is 12.2. The first-order valence-electron chi connectivity index (χ1n) is 6.91. The van der Waals surface area contributed by atoms with Gasteiger partial charge in [-0.05, 0) is 18.6 Å². The third-order valence-electron chi connectivity index (χ3n) is 4.48. The number of alkyl halides is 2. The molecule has 1 saturated heterocycles. The number of anilines is 1. The van der Waals surface area contributed by atoms with Gasteiger partial charge in [-0.15, -0.1) is 0 Å². The van der Waals surface area contributed by atoms with Crippen molar-refractivity contribution in [1.29, 1.82) is 0 Å². The minimum Gasteiger partial charge on any atom is -0.435 e. The second kappa shape index (κ2) is 4.88. The Morgan fingerprint density at radius 1 is 1.40 bits per heavy atom. The van der Waals surface area contributed by atoms with E-state index in [0.29, 0.717) is 18.1 Å². The molecule has 3 nitrogen and oxygen atoms in total. The maximum Gasteiger partial charge on any atom is 0.387 e. The first-order chi connectivity index (χ1) is 9.48. The SMILES string of the molecule is CC1(C)C(Nc2cccc(OC(F)F)c2)C2CCOC21. The molecule has 1 heterocycles. The minimum atomic E-state index is -2.79. The van der Waals surface area contributed by atoms with E-state index >= 15 is 0 Å². The Kier molecular flexibility index (Phi) is 3.32. The fraction of sp³-hybridized carbons (Fsp3) is 0.600. The molecule has 1 aliphatic carbocycles. The van der Waals surface area contributed by atoms with Crippen molar-refractivity contribution in [3.05, 3.63) is 24.3 Å². The summed E-state index contributed by atoms with van der Waals surface area (Å²) < 4.78 is 34.6. The molecule has 0 amide bonds. The monoisotopic (exact) mass is 283 g/mol. The Labute approximate surface area is 117 Å². The molecule has 0 radical (unpaired) electrons. The fourth-order valence-electron chi connectivity index (χ4n) is 3.56. The highest BCUT2D eigenvalue weighted by Crippen LogP contribution is 2.53. The molecule has 0 aromatic heterocycles. The third-order valence-corrected chi connectivity index (χ3v) is 4.48. The predicted octanol–water partition coefficient (Wildman–Crippen LogP) is 3.51. The zero-order valence-electron chi connectivity index (χ0n) is 11.6. The van der Waals surface area contributed by atoms with Crippen LogP contribution in [0.5, 0.6) is 5.75 Å². The summed E-state index contributed by atoms with van der Waals surface area (Å²) in [6, 6.07) is 7.04. The zero-order chi connectivity index (χ0) is 14.3. The number of halogens is 2. The van der Waals surface area contributed by atoms with Gasteiger partial charge in [0, 0.05) is 35.7 Å². The van der Waals surface area contributed by atoms with Gasteiger partial charge in [-0.1, -0.05) is 19.9 Å². The van der Waals surface area contributed by atoms with Gasteiger partial charge < -0.3 is 14.8 Å². The standard InChI is InChI=1S/C15H19F2NO2/c1-15(2)12(11-6-7-19-13(11)15)18-9-4-3-5-10(8-9)20-14(16)17/h3-5,8,11-14,18H,6-7H2,1-2H3. The van der Waals surface area contributed by atoms with Crippen molar-refractivity contribution >= 4 is 5.69 Å². The molecule has 1 aromatic rings. The van der Waals surface area contributed by atoms with Crippen LogP contribution in [0.4, 0.5) is 14.5 Å². The van der Waals surface area contributed by atoms with Crippen LogP contribution in [0, 0.1) is 11.3 Å². The Hall–Kier alpha value is -1.36. The molecule has 1 aromatic carbocycles. The van der Waals surface area contributed by atoms with Gasteiger partial charge in [-0.25, -0.2) is 0 Å². The van der Waals surface area contributed by atoms with Crippen LogP contribution in [-0.2, 0) is 4.74 Å². The lowest BCUT2D eigenvalue weighted by atomic mass is 9.57. The predicted molar refractivity (Wildman–Crippen MR) is 72.1 cm³/mol. The number of hydrogen-bond donors (Lipinski definition) is 1. The lowest BCUT2D eigenvalue weighted by Gasteiger charge is -2.55. The molecule has 3 unspecified atom stereocenters. The number of rotatable bonds is 4. The summed E-state index contributed by atoms with van der Waals surface area (Å²) in [5.74, 6) is 0.686. The summed E-state index contributed by atoms with van der Waals surface area (Å²) >= 11 is 0. The Morgan fingerprint density at radius 3 is 2.95 bits per heavy atom. The highest BCUT2D eigenvalue weighted by Gasteiger charge is 2.59. The summed E-state index contributed by atoms with van der Waals surface area (Å²) in [6.07, 6.45) is 1.36. The summed E-state index contributed by atoms with van der Waals surface area (Å²) in [6.45, 7) is 2.37. The van der Waals surface area contributed by atoms with E-state index in [1.54, 1.807) is 12.1 Å². The average molecular weight is 283 g/mol. The molecular formula is C15H19F2NO2. The van der Waals surface area contributed by atoms with Gasteiger partial charge in [0.1, 0.15) is 5.75 Å². The van der Waals surface area contributed by atoms with Crippen LogP contribution < -0.4 is 10.1 Å². The fourth-order valence-corrected chi connectivity index (χ4v) is 3.56. The number of nitrogens with one attached hydrogen (secondary N) is 1. The third kappa shape index (κ3) is 2.24. The highest BCUT2D eigenvalue weighted by atomic mass is 19.3. The Balaban J connectivity index is 1.72.